The first kappa shape index (κ1) is 23.9. The van der Waals surface area contributed by atoms with Gasteiger partial charge in [-0.2, -0.15) is 5.10 Å². The van der Waals surface area contributed by atoms with Gasteiger partial charge in [0.1, 0.15) is 10.8 Å². The van der Waals surface area contributed by atoms with Crippen molar-refractivity contribution in [1.82, 2.24) is 19.7 Å². The molecular formula is C25H28ClN7OS. The number of nitrogens with two attached hydrogens (primary N) is 2. The maximum atomic E-state index is 6.65. The Morgan fingerprint density at radius 2 is 2.03 bits per heavy atom. The number of anilines is 2. The van der Waals surface area contributed by atoms with Crippen LogP contribution in [0.1, 0.15) is 30.9 Å². The van der Waals surface area contributed by atoms with E-state index in [1.54, 1.807) is 17.1 Å². The average molecular weight is 510 g/mol. The van der Waals surface area contributed by atoms with Crippen molar-refractivity contribution in [3.8, 4) is 11.8 Å². The van der Waals surface area contributed by atoms with Gasteiger partial charge in [-0.1, -0.05) is 41.3 Å². The van der Waals surface area contributed by atoms with Gasteiger partial charge < -0.3 is 21.1 Å². The molecule has 2 atom stereocenters. The van der Waals surface area contributed by atoms with Crippen molar-refractivity contribution in [3.63, 3.8) is 0 Å². The first-order valence-corrected chi connectivity index (χ1v) is 12.8. The maximum absolute atomic E-state index is 6.65. The molecule has 2 aliphatic heterocycles. The number of aryl methyl sites for hydroxylation is 1. The van der Waals surface area contributed by atoms with E-state index >= 15 is 0 Å². The summed E-state index contributed by atoms with van der Waals surface area (Å²) in [7, 11) is 1.86. The molecule has 0 saturated carbocycles. The molecule has 3 aromatic rings. The number of hydrogen-bond donors (Lipinski definition) is 2. The molecule has 1 spiro atoms. The molecule has 8 nitrogen and oxygen atoms in total. The average Bonchev–Trinajstić information content (AvgIpc) is 3.39. The molecule has 0 radical (unpaired) electrons. The van der Waals surface area contributed by atoms with Crippen molar-refractivity contribution in [1.29, 1.82) is 0 Å². The van der Waals surface area contributed by atoms with Crippen LogP contribution in [0.4, 0.5) is 11.6 Å². The Labute approximate surface area is 214 Å². The fourth-order valence-electron chi connectivity index (χ4n) is 4.68. The smallest absolute Gasteiger partial charge is 0.158 e. The monoisotopic (exact) mass is 509 g/mol. The third-order valence-corrected chi connectivity index (χ3v) is 8.48. The molecule has 182 valence electrons. The van der Waals surface area contributed by atoms with Gasteiger partial charge in [-0.05, 0) is 31.9 Å². The summed E-state index contributed by atoms with van der Waals surface area (Å²) in [5, 5.41) is 5.31. The molecular weight excluding hydrogens is 482 g/mol. The summed E-state index contributed by atoms with van der Waals surface area (Å²) in [6.07, 6.45) is 7.41. The standard InChI is InChI=1S/C25H28ClN7OS/c1-16-22(27)25(15-34-16)8-10-33(11-9-25)20-13-29-24(23(28)31-20)35-19-5-3-4-18(21(19)26)7-6-17-12-30-32(2)14-17/h3-5,12-14,16,22H,8-11,15,27H2,1-2H3,(H2,28,31)/t16-,22+/m0/s1. The highest BCUT2D eigenvalue weighted by Gasteiger charge is 2.47. The van der Waals surface area contributed by atoms with Crippen LogP contribution in [0, 0.1) is 17.3 Å². The van der Waals surface area contributed by atoms with E-state index < -0.39 is 0 Å². The number of nitrogens with zero attached hydrogens (tertiary/aromatic N) is 5. The van der Waals surface area contributed by atoms with Gasteiger partial charge in [-0.25, -0.2) is 9.97 Å². The Kier molecular flexibility index (Phi) is 6.64. The molecule has 4 heterocycles. The number of rotatable bonds is 3. The Morgan fingerprint density at radius 1 is 1.23 bits per heavy atom. The SMILES string of the molecule is C[C@@H]1OCC2(CCN(c3cnc(Sc4cccc(C#Cc5cnn(C)c5)c4Cl)c(N)n3)CC2)[C@@H]1N. The van der Waals surface area contributed by atoms with E-state index in [2.05, 4.69) is 38.7 Å². The number of nitrogen functional groups attached to an aromatic ring is 1. The van der Waals surface area contributed by atoms with Crippen LogP contribution in [-0.4, -0.2) is 51.6 Å². The Bertz CT molecular complexity index is 1290. The lowest BCUT2D eigenvalue weighted by Crippen LogP contribution is -2.50. The number of hydrogen-bond acceptors (Lipinski definition) is 8. The van der Waals surface area contributed by atoms with Crippen LogP contribution in [0.5, 0.6) is 0 Å². The normalized spacial score (nSPS) is 21.2. The summed E-state index contributed by atoms with van der Waals surface area (Å²) in [6.45, 7) is 4.50. The first-order chi connectivity index (χ1) is 16.8. The minimum atomic E-state index is 0.0619. The zero-order chi connectivity index (χ0) is 24.6. The quantitative estimate of drug-likeness (QED) is 0.517. The highest BCUT2D eigenvalue weighted by Crippen LogP contribution is 2.42. The van der Waals surface area contributed by atoms with Crippen molar-refractivity contribution >= 4 is 35.0 Å². The molecule has 2 aromatic heterocycles. The molecule has 1 aromatic carbocycles. The minimum Gasteiger partial charge on any atom is -0.381 e. The van der Waals surface area contributed by atoms with Gasteiger partial charge in [-0.15, -0.1) is 0 Å². The Hall–Kier alpha value is -2.77. The van der Waals surface area contributed by atoms with Gasteiger partial charge in [0.2, 0.25) is 0 Å². The van der Waals surface area contributed by atoms with Crippen molar-refractivity contribution in [3.05, 3.63) is 52.9 Å². The molecule has 2 fully saturated rings. The van der Waals surface area contributed by atoms with Crippen LogP contribution in [0.3, 0.4) is 0 Å². The number of halogens is 1. The van der Waals surface area contributed by atoms with Crippen LogP contribution in [0.2, 0.25) is 5.02 Å². The molecule has 0 aliphatic carbocycles. The second-order valence-electron chi connectivity index (χ2n) is 9.18. The van der Waals surface area contributed by atoms with Crippen molar-refractivity contribution in [2.45, 2.75) is 41.8 Å². The fourth-order valence-corrected chi connectivity index (χ4v) is 5.78. The lowest BCUT2D eigenvalue weighted by Gasteiger charge is -2.41. The van der Waals surface area contributed by atoms with E-state index in [-0.39, 0.29) is 17.6 Å². The minimum absolute atomic E-state index is 0.0619. The van der Waals surface area contributed by atoms with E-state index in [0.717, 1.165) is 54.4 Å². The molecule has 35 heavy (non-hydrogen) atoms. The largest absolute Gasteiger partial charge is 0.381 e. The van der Waals surface area contributed by atoms with Gasteiger partial charge in [-0.3, -0.25) is 4.68 Å². The van der Waals surface area contributed by atoms with E-state index in [4.69, 9.17) is 27.8 Å². The third kappa shape index (κ3) is 4.84. The maximum Gasteiger partial charge on any atom is 0.158 e. The number of aromatic nitrogens is 4. The van der Waals surface area contributed by atoms with Crippen LogP contribution in [-0.2, 0) is 11.8 Å². The molecule has 4 N–H and O–H groups in total. The highest BCUT2D eigenvalue weighted by molar-refractivity contribution is 7.99. The molecule has 2 saturated heterocycles. The van der Waals surface area contributed by atoms with Crippen molar-refractivity contribution in [2.75, 3.05) is 30.3 Å². The van der Waals surface area contributed by atoms with Crippen LogP contribution < -0.4 is 16.4 Å². The summed E-state index contributed by atoms with van der Waals surface area (Å²) in [5.74, 6) is 7.37. The molecule has 5 rings (SSSR count). The molecule has 0 unspecified atom stereocenters. The molecule has 0 bridgehead atoms. The second kappa shape index (κ2) is 9.70. The van der Waals surface area contributed by atoms with Gasteiger partial charge in [0, 0.05) is 48.2 Å². The second-order valence-corrected chi connectivity index (χ2v) is 10.6. The van der Waals surface area contributed by atoms with Gasteiger partial charge >= 0.3 is 0 Å². The fraction of sp³-hybridized carbons (Fsp3) is 0.400. The summed E-state index contributed by atoms with van der Waals surface area (Å²) in [5.41, 5.74) is 14.4. The zero-order valence-corrected chi connectivity index (χ0v) is 21.3. The van der Waals surface area contributed by atoms with E-state index in [9.17, 15) is 0 Å². The van der Waals surface area contributed by atoms with Gasteiger partial charge in [0.15, 0.2) is 5.82 Å². The van der Waals surface area contributed by atoms with Crippen molar-refractivity contribution < 1.29 is 4.74 Å². The lowest BCUT2D eigenvalue weighted by atomic mass is 9.73. The third-order valence-electron chi connectivity index (χ3n) is 6.90. The molecule has 0 amide bonds. The Balaban J connectivity index is 1.28. The first-order valence-electron chi connectivity index (χ1n) is 11.6. The summed E-state index contributed by atoms with van der Waals surface area (Å²) in [4.78, 5) is 12.3. The topological polar surface area (TPSA) is 108 Å². The van der Waals surface area contributed by atoms with Gasteiger partial charge in [0.05, 0.1) is 35.7 Å². The van der Waals surface area contributed by atoms with Crippen LogP contribution in [0.15, 0.2) is 46.7 Å². The predicted molar refractivity (Wildman–Crippen MR) is 138 cm³/mol. The summed E-state index contributed by atoms with van der Waals surface area (Å²) < 4.78 is 7.54. The van der Waals surface area contributed by atoms with Crippen LogP contribution >= 0.6 is 23.4 Å². The van der Waals surface area contributed by atoms with Gasteiger partial charge in [0.25, 0.3) is 0 Å². The molecule has 2 aliphatic rings. The Morgan fingerprint density at radius 3 is 2.69 bits per heavy atom. The summed E-state index contributed by atoms with van der Waals surface area (Å²) in [6, 6.07) is 5.81. The van der Waals surface area contributed by atoms with Crippen LogP contribution in [0.25, 0.3) is 0 Å². The number of ether oxygens (including phenoxy) is 1. The number of benzene rings is 1. The van der Waals surface area contributed by atoms with E-state index in [1.807, 2.05) is 31.4 Å². The molecule has 10 heteroatoms. The predicted octanol–water partition coefficient (Wildman–Crippen LogP) is 3.33. The lowest BCUT2D eigenvalue weighted by molar-refractivity contribution is 0.0974. The number of piperidine rings is 1. The summed E-state index contributed by atoms with van der Waals surface area (Å²) >= 11 is 8.04. The zero-order valence-electron chi connectivity index (χ0n) is 19.7. The van der Waals surface area contributed by atoms with Crippen molar-refractivity contribution in [2.24, 2.45) is 18.2 Å². The van der Waals surface area contributed by atoms with E-state index in [0.29, 0.717) is 15.9 Å². The van der Waals surface area contributed by atoms with E-state index in [1.165, 1.54) is 11.8 Å². The highest BCUT2D eigenvalue weighted by atomic mass is 35.5.